The summed E-state index contributed by atoms with van der Waals surface area (Å²) in [5.74, 6) is 2.43. The van der Waals surface area contributed by atoms with E-state index in [1.165, 1.54) is 25.7 Å². The summed E-state index contributed by atoms with van der Waals surface area (Å²) in [7, 11) is -3.58. The van der Waals surface area contributed by atoms with Crippen LogP contribution in [0.2, 0.25) is 0 Å². The quantitative estimate of drug-likeness (QED) is 0.616. The van der Waals surface area contributed by atoms with Crippen LogP contribution < -0.4 is 4.83 Å². The number of rotatable bonds is 6. The molecule has 2 saturated carbocycles. The molecule has 1 N–H and O–H groups in total. The Labute approximate surface area is 145 Å². The number of hydrogen-bond donors (Lipinski definition) is 1. The van der Waals surface area contributed by atoms with E-state index in [0.717, 1.165) is 23.6 Å². The number of hydrazone groups is 1. The molecule has 24 heavy (non-hydrogen) atoms. The molecule has 132 valence electrons. The lowest BCUT2D eigenvalue weighted by Gasteiger charge is -2.21. The molecule has 4 atom stereocenters. The fourth-order valence-electron chi connectivity index (χ4n) is 4.24. The van der Waals surface area contributed by atoms with Crippen molar-refractivity contribution in [3.05, 3.63) is 29.8 Å². The Balaban J connectivity index is 1.68. The van der Waals surface area contributed by atoms with Crippen molar-refractivity contribution in [2.24, 2.45) is 22.9 Å². The second kappa shape index (κ2) is 6.87. The summed E-state index contributed by atoms with van der Waals surface area (Å²) in [5.41, 5.74) is 2.10. The molecule has 3 rings (SSSR count). The molecule has 2 aliphatic carbocycles. The maximum atomic E-state index is 12.4. The van der Waals surface area contributed by atoms with Crippen LogP contribution in [0.4, 0.5) is 0 Å². The van der Waals surface area contributed by atoms with E-state index in [-0.39, 0.29) is 4.90 Å². The zero-order chi connectivity index (χ0) is 17.3. The van der Waals surface area contributed by atoms with E-state index in [9.17, 15) is 8.42 Å². The van der Waals surface area contributed by atoms with Crippen molar-refractivity contribution in [1.29, 1.82) is 0 Å². The molecule has 0 saturated heterocycles. The van der Waals surface area contributed by atoms with Crippen molar-refractivity contribution in [1.82, 2.24) is 4.83 Å². The second-order valence-electron chi connectivity index (χ2n) is 7.51. The summed E-state index contributed by atoms with van der Waals surface area (Å²) < 4.78 is 24.9. The van der Waals surface area contributed by atoms with Crippen LogP contribution in [0, 0.1) is 17.8 Å². The number of benzene rings is 1. The lowest BCUT2D eigenvalue weighted by molar-refractivity contribution is 0.413. The number of nitrogens with one attached hydrogen (secondary N) is 1. The largest absolute Gasteiger partial charge is 0.276 e. The summed E-state index contributed by atoms with van der Waals surface area (Å²) in [5, 5.41) is 4.23. The highest BCUT2D eigenvalue weighted by Gasteiger charge is 2.40. The van der Waals surface area contributed by atoms with Gasteiger partial charge >= 0.3 is 0 Å². The number of hydrogen-bond acceptors (Lipinski definition) is 3. The van der Waals surface area contributed by atoms with Gasteiger partial charge in [0.15, 0.2) is 0 Å². The Morgan fingerprint density at radius 1 is 1.25 bits per heavy atom. The fraction of sp³-hybridized carbons (Fsp3) is 0.632. The summed E-state index contributed by atoms with van der Waals surface area (Å²) >= 11 is 0. The maximum Gasteiger partial charge on any atom is 0.276 e. The Bertz CT molecular complexity index is 709. The van der Waals surface area contributed by atoms with Gasteiger partial charge in [-0.1, -0.05) is 32.4 Å². The third-order valence-electron chi connectivity index (χ3n) is 5.99. The fourth-order valence-corrected chi connectivity index (χ4v) is 5.10. The van der Waals surface area contributed by atoms with Crippen LogP contribution in [-0.4, -0.2) is 14.1 Å². The molecule has 0 radical (unpaired) electrons. The predicted octanol–water partition coefficient (Wildman–Crippen LogP) is 4.29. The molecule has 0 spiro atoms. The molecule has 2 fully saturated rings. The minimum absolute atomic E-state index is 0.277. The predicted molar refractivity (Wildman–Crippen MR) is 97.5 cm³/mol. The van der Waals surface area contributed by atoms with Gasteiger partial charge in [0.1, 0.15) is 0 Å². The van der Waals surface area contributed by atoms with E-state index in [1.54, 1.807) is 12.1 Å². The second-order valence-corrected chi connectivity index (χ2v) is 9.17. The molecule has 0 amide bonds. The maximum absolute atomic E-state index is 12.4. The monoisotopic (exact) mass is 348 g/mol. The molecule has 2 aliphatic rings. The topological polar surface area (TPSA) is 58.5 Å². The minimum Gasteiger partial charge on any atom is -0.200 e. The number of fused-ring (bicyclic) bond motifs is 2. The van der Waals surface area contributed by atoms with Crippen molar-refractivity contribution >= 4 is 15.7 Å². The highest BCUT2D eigenvalue weighted by Crippen LogP contribution is 2.48. The van der Waals surface area contributed by atoms with Gasteiger partial charge in [0.25, 0.3) is 10.0 Å². The Kier molecular flexibility index (Phi) is 5.00. The third-order valence-corrected chi connectivity index (χ3v) is 7.21. The lowest BCUT2D eigenvalue weighted by atomic mass is 9.86. The van der Waals surface area contributed by atoms with Gasteiger partial charge in [-0.2, -0.15) is 13.5 Å². The average molecular weight is 349 g/mol. The van der Waals surface area contributed by atoms with Crippen LogP contribution in [0.5, 0.6) is 0 Å². The average Bonchev–Trinajstić information content (AvgIpc) is 3.22. The van der Waals surface area contributed by atoms with Crippen LogP contribution in [0.25, 0.3) is 0 Å². The third kappa shape index (κ3) is 3.51. The van der Waals surface area contributed by atoms with Gasteiger partial charge in [-0.15, -0.1) is 0 Å². The molecule has 0 unspecified atom stereocenters. The van der Waals surface area contributed by atoms with Crippen molar-refractivity contribution in [3.63, 3.8) is 0 Å². The van der Waals surface area contributed by atoms with Crippen LogP contribution in [0.1, 0.15) is 64.4 Å². The van der Waals surface area contributed by atoms with Gasteiger partial charge < -0.3 is 0 Å². The summed E-state index contributed by atoms with van der Waals surface area (Å²) in [6, 6.07) is 7.14. The Morgan fingerprint density at radius 3 is 2.50 bits per heavy atom. The van der Waals surface area contributed by atoms with Crippen LogP contribution >= 0.6 is 0 Å². The van der Waals surface area contributed by atoms with Crippen molar-refractivity contribution in [3.8, 4) is 0 Å². The molecule has 0 heterocycles. The van der Waals surface area contributed by atoms with E-state index in [0.29, 0.717) is 17.8 Å². The first kappa shape index (κ1) is 17.5. The van der Waals surface area contributed by atoms with Crippen LogP contribution in [-0.2, 0) is 10.0 Å². The lowest BCUT2D eigenvalue weighted by Crippen LogP contribution is -2.24. The smallest absolute Gasteiger partial charge is 0.200 e. The normalized spacial score (nSPS) is 28.1. The van der Waals surface area contributed by atoms with E-state index >= 15 is 0 Å². The zero-order valence-electron chi connectivity index (χ0n) is 14.8. The van der Waals surface area contributed by atoms with Gasteiger partial charge in [0.2, 0.25) is 0 Å². The van der Waals surface area contributed by atoms with Crippen molar-refractivity contribution in [2.75, 3.05) is 0 Å². The first-order valence-electron chi connectivity index (χ1n) is 9.06. The molecule has 1 aromatic rings. The number of nitrogens with zero attached hydrogens (tertiary/aromatic N) is 1. The van der Waals surface area contributed by atoms with Crippen LogP contribution in [0.15, 0.2) is 34.3 Å². The van der Waals surface area contributed by atoms with Gasteiger partial charge in [0, 0.05) is 11.6 Å². The molecular weight excluding hydrogens is 320 g/mol. The summed E-state index contributed by atoms with van der Waals surface area (Å²) in [4.78, 5) is 2.71. The zero-order valence-corrected chi connectivity index (χ0v) is 15.6. The van der Waals surface area contributed by atoms with Crippen molar-refractivity contribution < 1.29 is 8.42 Å². The van der Waals surface area contributed by atoms with E-state index < -0.39 is 10.0 Å². The molecule has 0 aromatic heterocycles. The van der Waals surface area contributed by atoms with E-state index in [4.69, 9.17) is 0 Å². The Morgan fingerprint density at radius 2 is 1.96 bits per heavy atom. The first-order valence-corrected chi connectivity index (χ1v) is 10.5. The van der Waals surface area contributed by atoms with Crippen molar-refractivity contribution in [2.45, 2.75) is 63.7 Å². The molecule has 0 aliphatic heterocycles. The highest BCUT2D eigenvalue weighted by molar-refractivity contribution is 7.89. The standard InChI is InChI=1S/C19H28N2O2S/c1-4-13(2)16-7-9-18(10-8-16)24(22,23)21-20-14(3)19-12-15-5-6-17(19)11-15/h7-10,13,15,17,19,21H,4-6,11-12H2,1-3H3/b20-14+/t13-,15+,17+,19-/m0/s1. The molecular formula is C19H28N2O2S. The summed E-state index contributed by atoms with van der Waals surface area (Å²) in [6.45, 7) is 6.23. The van der Waals surface area contributed by atoms with Gasteiger partial charge in [0.05, 0.1) is 4.90 Å². The summed E-state index contributed by atoms with van der Waals surface area (Å²) in [6.07, 6.45) is 6.11. The molecule has 1 aromatic carbocycles. The van der Waals surface area contributed by atoms with Gasteiger partial charge in [-0.3, -0.25) is 0 Å². The molecule has 4 nitrogen and oxygen atoms in total. The van der Waals surface area contributed by atoms with E-state index in [2.05, 4.69) is 23.8 Å². The molecule has 2 bridgehead atoms. The number of sulfonamides is 1. The van der Waals surface area contributed by atoms with E-state index in [1.807, 2.05) is 19.1 Å². The SMILES string of the molecule is CC[C@H](C)c1ccc(S(=O)(=O)N/N=C(\C)[C@@H]2C[C@@H]3CC[C@@H]2C3)cc1. The molecule has 5 heteroatoms. The Hall–Kier alpha value is -1.36. The first-order chi connectivity index (χ1) is 11.4. The highest BCUT2D eigenvalue weighted by atomic mass is 32.2. The van der Waals surface area contributed by atoms with Crippen LogP contribution in [0.3, 0.4) is 0 Å². The van der Waals surface area contributed by atoms with Gasteiger partial charge in [-0.25, -0.2) is 4.83 Å². The minimum atomic E-state index is -3.58. The van der Waals surface area contributed by atoms with Gasteiger partial charge in [-0.05, 0) is 68.1 Å².